The molecule has 0 aliphatic heterocycles. The summed E-state index contributed by atoms with van der Waals surface area (Å²) < 4.78 is 5.23. The van der Waals surface area contributed by atoms with E-state index in [-0.39, 0.29) is 17.4 Å². The first-order chi connectivity index (χ1) is 9.91. The zero-order valence-corrected chi connectivity index (χ0v) is 11.7. The van der Waals surface area contributed by atoms with E-state index in [4.69, 9.17) is 4.74 Å². The van der Waals surface area contributed by atoms with Gasteiger partial charge >= 0.3 is 0 Å². The summed E-state index contributed by atoms with van der Waals surface area (Å²) in [7, 11) is 0. The number of hydrogen-bond donors (Lipinski definition) is 3. The van der Waals surface area contributed by atoms with E-state index in [9.17, 15) is 20.1 Å². The fourth-order valence-electron chi connectivity index (χ4n) is 1.90. The number of benzene rings is 2. The quantitative estimate of drug-likeness (QED) is 0.457. The maximum atomic E-state index is 12.3. The van der Waals surface area contributed by atoms with Crippen molar-refractivity contribution in [2.45, 2.75) is 20.0 Å². The molecule has 21 heavy (non-hydrogen) atoms. The van der Waals surface area contributed by atoms with Crippen LogP contribution < -0.4 is 4.74 Å². The topological polar surface area (TPSA) is 87.0 Å². The molecule has 0 unspecified atom stereocenters. The van der Waals surface area contributed by atoms with Crippen molar-refractivity contribution in [1.82, 2.24) is 0 Å². The molecule has 0 aromatic heterocycles. The van der Waals surface area contributed by atoms with Gasteiger partial charge in [0.1, 0.15) is 0 Å². The maximum absolute atomic E-state index is 12.3. The summed E-state index contributed by atoms with van der Waals surface area (Å²) in [5, 5.41) is 29.8. The molecule has 0 amide bonds. The van der Waals surface area contributed by atoms with E-state index < -0.39 is 23.0 Å². The van der Waals surface area contributed by atoms with Crippen molar-refractivity contribution in [1.29, 1.82) is 0 Å². The van der Waals surface area contributed by atoms with Crippen LogP contribution in [0.5, 0.6) is 23.0 Å². The van der Waals surface area contributed by atoms with E-state index in [2.05, 4.69) is 0 Å². The number of hydrogen-bond acceptors (Lipinski definition) is 5. The SMILES string of the molecule is CC(C)Oc1c(O)cc(C(=O)c2ccccc2)c(O)c1O. The first kappa shape index (κ1) is 14.7. The van der Waals surface area contributed by atoms with Gasteiger partial charge in [0.25, 0.3) is 0 Å². The average Bonchev–Trinajstić information content (AvgIpc) is 2.47. The Labute approximate surface area is 122 Å². The first-order valence-electron chi connectivity index (χ1n) is 6.46. The Morgan fingerprint density at radius 1 is 1.05 bits per heavy atom. The Kier molecular flexibility index (Phi) is 4.03. The lowest BCUT2D eigenvalue weighted by Gasteiger charge is -2.15. The monoisotopic (exact) mass is 288 g/mol. The van der Waals surface area contributed by atoms with E-state index in [1.54, 1.807) is 44.2 Å². The smallest absolute Gasteiger partial charge is 0.207 e. The summed E-state index contributed by atoms with van der Waals surface area (Å²) in [6, 6.07) is 9.36. The van der Waals surface area contributed by atoms with Crippen LogP contribution in [-0.4, -0.2) is 27.2 Å². The Balaban J connectivity index is 2.50. The van der Waals surface area contributed by atoms with Gasteiger partial charge < -0.3 is 20.1 Å². The standard InChI is InChI=1S/C16H16O5/c1-9(2)21-16-12(17)8-11(14(19)15(16)20)13(18)10-6-4-3-5-7-10/h3-9,17,19-20H,1-2H3. The number of rotatable bonds is 4. The zero-order chi connectivity index (χ0) is 15.6. The summed E-state index contributed by atoms with van der Waals surface area (Å²) in [6.07, 6.45) is -0.308. The number of ketones is 1. The van der Waals surface area contributed by atoms with Gasteiger partial charge in [-0.3, -0.25) is 4.79 Å². The van der Waals surface area contributed by atoms with Crippen molar-refractivity contribution in [2.75, 3.05) is 0 Å². The molecule has 0 fully saturated rings. The van der Waals surface area contributed by atoms with Gasteiger partial charge in [-0.2, -0.15) is 0 Å². The normalized spacial score (nSPS) is 10.6. The molecule has 0 radical (unpaired) electrons. The third-order valence-corrected chi connectivity index (χ3v) is 2.84. The predicted octanol–water partition coefficient (Wildman–Crippen LogP) is 2.82. The number of phenols is 3. The second kappa shape index (κ2) is 5.75. The average molecular weight is 288 g/mol. The molecule has 0 aliphatic carbocycles. The molecule has 0 saturated carbocycles. The lowest BCUT2D eigenvalue weighted by Crippen LogP contribution is -2.07. The number of carbonyl (C=O) groups is 1. The zero-order valence-electron chi connectivity index (χ0n) is 11.7. The van der Waals surface area contributed by atoms with Crippen LogP contribution in [0.3, 0.4) is 0 Å². The fourth-order valence-corrected chi connectivity index (χ4v) is 1.90. The largest absolute Gasteiger partial charge is 0.504 e. The van der Waals surface area contributed by atoms with Crippen LogP contribution >= 0.6 is 0 Å². The van der Waals surface area contributed by atoms with Crippen LogP contribution in [0.15, 0.2) is 36.4 Å². The van der Waals surface area contributed by atoms with Gasteiger partial charge in [-0.15, -0.1) is 0 Å². The molecule has 0 bridgehead atoms. The summed E-state index contributed by atoms with van der Waals surface area (Å²) >= 11 is 0. The number of phenolic OH excluding ortho intramolecular Hbond substituents is 3. The van der Waals surface area contributed by atoms with Gasteiger partial charge in [-0.05, 0) is 19.9 Å². The van der Waals surface area contributed by atoms with Crippen LogP contribution in [0.1, 0.15) is 29.8 Å². The van der Waals surface area contributed by atoms with E-state index >= 15 is 0 Å². The van der Waals surface area contributed by atoms with E-state index in [0.717, 1.165) is 6.07 Å². The molecule has 110 valence electrons. The lowest BCUT2D eigenvalue weighted by atomic mass is 10.0. The molecule has 0 spiro atoms. The minimum absolute atomic E-state index is 0.188. The predicted molar refractivity (Wildman–Crippen MR) is 77.1 cm³/mol. The Morgan fingerprint density at radius 3 is 2.24 bits per heavy atom. The highest BCUT2D eigenvalue weighted by atomic mass is 16.5. The number of aromatic hydroxyl groups is 3. The third-order valence-electron chi connectivity index (χ3n) is 2.84. The summed E-state index contributed by atoms with van der Waals surface area (Å²) in [6.45, 7) is 3.41. The van der Waals surface area contributed by atoms with Gasteiger partial charge in [0.2, 0.25) is 11.5 Å². The van der Waals surface area contributed by atoms with Crippen molar-refractivity contribution in [2.24, 2.45) is 0 Å². The van der Waals surface area contributed by atoms with E-state index in [0.29, 0.717) is 5.56 Å². The molecule has 2 aromatic carbocycles. The van der Waals surface area contributed by atoms with Gasteiger partial charge in [-0.25, -0.2) is 0 Å². The van der Waals surface area contributed by atoms with Gasteiger partial charge in [-0.1, -0.05) is 30.3 Å². The second-order valence-corrected chi connectivity index (χ2v) is 4.83. The highest BCUT2D eigenvalue weighted by Gasteiger charge is 2.23. The minimum Gasteiger partial charge on any atom is -0.504 e. The molecular weight excluding hydrogens is 272 g/mol. The van der Waals surface area contributed by atoms with Crippen LogP contribution in [0, 0.1) is 0 Å². The molecule has 0 aliphatic rings. The van der Waals surface area contributed by atoms with Crippen LogP contribution in [-0.2, 0) is 0 Å². The summed E-state index contributed by atoms with van der Waals surface area (Å²) in [5.74, 6) is -2.42. The minimum atomic E-state index is -0.650. The molecule has 3 N–H and O–H groups in total. The Morgan fingerprint density at radius 2 is 1.67 bits per heavy atom. The van der Waals surface area contributed by atoms with Crippen LogP contribution in [0.4, 0.5) is 0 Å². The molecule has 2 rings (SSSR count). The van der Waals surface area contributed by atoms with E-state index in [1.807, 2.05) is 0 Å². The highest BCUT2D eigenvalue weighted by Crippen LogP contribution is 2.45. The molecule has 5 nitrogen and oxygen atoms in total. The third kappa shape index (κ3) is 2.91. The van der Waals surface area contributed by atoms with Gasteiger partial charge in [0.15, 0.2) is 17.3 Å². The summed E-state index contributed by atoms with van der Waals surface area (Å²) in [4.78, 5) is 12.3. The molecule has 5 heteroatoms. The van der Waals surface area contributed by atoms with Crippen molar-refractivity contribution >= 4 is 5.78 Å². The Hall–Kier alpha value is -2.69. The number of carbonyl (C=O) groups excluding carboxylic acids is 1. The maximum Gasteiger partial charge on any atom is 0.207 e. The number of ether oxygens (including phenoxy) is 1. The molecule has 0 atom stereocenters. The lowest BCUT2D eigenvalue weighted by molar-refractivity contribution is 0.103. The Bertz CT molecular complexity index is 662. The first-order valence-corrected chi connectivity index (χ1v) is 6.46. The van der Waals surface area contributed by atoms with Crippen molar-refractivity contribution in [3.05, 3.63) is 47.5 Å². The van der Waals surface area contributed by atoms with Crippen molar-refractivity contribution < 1.29 is 24.9 Å². The van der Waals surface area contributed by atoms with Crippen molar-refractivity contribution in [3.8, 4) is 23.0 Å². The second-order valence-electron chi connectivity index (χ2n) is 4.83. The van der Waals surface area contributed by atoms with Crippen LogP contribution in [0.2, 0.25) is 0 Å². The summed E-state index contributed by atoms with van der Waals surface area (Å²) in [5.41, 5.74) is 0.149. The molecule has 0 saturated heterocycles. The van der Waals surface area contributed by atoms with Gasteiger partial charge in [0.05, 0.1) is 11.7 Å². The van der Waals surface area contributed by atoms with Gasteiger partial charge in [0, 0.05) is 5.56 Å². The van der Waals surface area contributed by atoms with Crippen LogP contribution in [0.25, 0.3) is 0 Å². The van der Waals surface area contributed by atoms with E-state index in [1.165, 1.54) is 0 Å². The molecule has 2 aromatic rings. The molecular formula is C16H16O5. The highest BCUT2D eigenvalue weighted by molar-refractivity contribution is 6.11. The molecule has 0 heterocycles. The van der Waals surface area contributed by atoms with Crippen molar-refractivity contribution in [3.63, 3.8) is 0 Å². The fraction of sp³-hybridized carbons (Fsp3) is 0.188.